The van der Waals surface area contributed by atoms with Crippen LogP contribution < -0.4 is 0 Å². The van der Waals surface area contributed by atoms with Gasteiger partial charge in [0.1, 0.15) is 0 Å². The van der Waals surface area contributed by atoms with Crippen LogP contribution in [0.2, 0.25) is 0 Å². The molecule has 0 saturated carbocycles. The van der Waals surface area contributed by atoms with E-state index < -0.39 is 0 Å². The smallest absolute Gasteiger partial charge is 0.165 e. The van der Waals surface area contributed by atoms with Crippen molar-refractivity contribution in [3.8, 4) is 34.2 Å². The lowest BCUT2D eigenvalue weighted by Gasteiger charge is -2.15. The Morgan fingerprint density at radius 1 is 0.325 bits per heavy atom. The minimum atomic E-state index is 0.662. The molecule has 0 aliphatic rings. The average Bonchev–Trinajstić information content (AvgIpc) is 3.03. The molecule has 8 rings (SSSR count). The lowest BCUT2D eigenvalue weighted by Crippen LogP contribution is -2.01. The van der Waals surface area contributed by atoms with Crippen LogP contribution in [0.25, 0.3) is 77.3 Å². The number of aromatic nitrogens is 3. The molecule has 3 heteroatoms. The standard InChI is InChI=1S/C37H23N3/c1-2-12-26(13-3-1)35-38-36(30-21-18-24-10-4-5-14-27(24)22-30)40-37(39-35)34-32-17-9-7-15-28(32)23-29-20-19-25-11-6-8-16-31(25)33(29)34/h1-23H. The maximum atomic E-state index is 5.19. The molecule has 1 aromatic heterocycles. The van der Waals surface area contributed by atoms with E-state index in [-0.39, 0.29) is 0 Å². The maximum Gasteiger partial charge on any atom is 0.165 e. The summed E-state index contributed by atoms with van der Waals surface area (Å²) in [5.41, 5.74) is 2.96. The summed E-state index contributed by atoms with van der Waals surface area (Å²) in [5, 5.41) is 9.34. The lowest BCUT2D eigenvalue weighted by molar-refractivity contribution is 1.08. The third-order valence-corrected chi connectivity index (χ3v) is 7.65. The summed E-state index contributed by atoms with van der Waals surface area (Å²) in [5.74, 6) is 2.00. The van der Waals surface area contributed by atoms with Gasteiger partial charge in [0.15, 0.2) is 17.5 Å². The molecule has 0 fully saturated rings. The van der Waals surface area contributed by atoms with Crippen LogP contribution in [-0.2, 0) is 0 Å². The molecule has 0 aliphatic carbocycles. The summed E-state index contributed by atoms with van der Waals surface area (Å²) in [6.07, 6.45) is 0. The monoisotopic (exact) mass is 509 g/mol. The molecular weight excluding hydrogens is 486 g/mol. The first-order chi connectivity index (χ1) is 19.8. The Balaban J connectivity index is 1.50. The Morgan fingerprint density at radius 3 is 1.73 bits per heavy atom. The third-order valence-electron chi connectivity index (χ3n) is 7.65. The van der Waals surface area contributed by atoms with Crippen molar-refractivity contribution in [1.82, 2.24) is 15.0 Å². The molecule has 1 heterocycles. The predicted molar refractivity (Wildman–Crippen MR) is 166 cm³/mol. The zero-order valence-corrected chi connectivity index (χ0v) is 21.6. The number of benzene rings is 7. The van der Waals surface area contributed by atoms with E-state index in [1.54, 1.807) is 0 Å². The molecule has 7 aromatic carbocycles. The van der Waals surface area contributed by atoms with Crippen LogP contribution in [0.5, 0.6) is 0 Å². The topological polar surface area (TPSA) is 38.7 Å². The van der Waals surface area contributed by atoms with Crippen LogP contribution in [0.15, 0.2) is 140 Å². The summed E-state index contributed by atoms with van der Waals surface area (Å²) in [7, 11) is 0. The molecule has 0 spiro atoms. The van der Waals surface area contributed by atoms with Gasteiger partial charge in [-0.25, -0.2) is 15.0 Å². The van der Waals surface area contributed by atoms with E-state index >= 15 is 0 Å². The van der Waals surface area contributed by atoms with Gasteiger partial charge in [-0.2, -0.15) is 0 Å². The molecule has 0 unspecified atom stereocenters. The molecule has 3 nitrogen and oxygen atoms in total. The Morgan fingerprint density at radius 2 is 0.900 bits per heavy atom. The molecule has 0 aliphatic heterocycles. The van der Waals surface area contributed by atoms with Gasteiger partial charge < -0.3 is 0 Å². The minimum Gasteiger partial charge on any atom is -0.208 e. The lowest BCUT2D eigenvalue weighted by atomic mass is 9.92. The maximum absolute atomic E-state index is 5.19. The molecule has 0 amide bonds. The van der Waals surface area contributed by atoms with E-state index in [2.05, 4.69) is 121 Å². The minimum absolute atomic E-state index is 0.662. The Bertz CT molecular complexity index is 2220. The predicted octanol–water partition coefficient (Wildman–Crippen LogP) is 9.49. The normalized spacial score (nSPS) is 11.5. The molecule has 0 radical (unpaired) electrons. The van der Waals surface area contributed by atoms with Gasteiger partial charge in [0.2, 0.25) is 0 Å². The highest BCUT2D eigenvalue weighted by molar-refractivity contribution is 6.21. The van der Waals surface area contributed by atoms with E-state index in [9.17, 15) is 0 Å². The van der Waals surface area contributed by atoms with Gasteiger partial charge in [0.25, 0.3) is 0 Å². The summed E-state index contributed by atoms with van der Waals surface area (Å²) >= 11 is 0. The number of rotatable bonds is 3. The van der Waals surface area contributed by atoms with Crippen molar-refractivity contribution in [3.63, 3.8) is 0 Å². The fourth-order valence-corrected chi connectivity index (χ4v) is 5.73. The van der Waals surface area contributed by atoms with E-state index in [4.69, 9.17) is 15.0 Å². The summed E-state index contributed by atoms with van der Waals surface area (Å²) in [6.45, 7) is 0. The van der Waals surface area contributed by atoms with Crippen molar-refractivity contribution < 1.29 is 0 Å². The van der Waals surface area contributed by atoms with E-state index in [1.807, 2.05) is 18.2 Å². The van der Waals surface area contributed by atoms with Crippen LogP contribution in [0, 0.1) is 0 Å². The second-order valence-corrected chi connectivity index (χ2v) is 10.1. The fraction of sp³-hybridized carbons (Fsp3) is 0. The zero-order valence-electron chi connectivity index (χ0n) is 21.6. The molecule has 0 N–H and O–H groups in total. The molecule has 186 valence electrons. The van der Waals surface area contributed by atoms with Gasteiger partial charge in [-0.3, -0.25) is 0 Å². The molecule has 8 aromatic rings. The van der Waals surface area contributed by atoms with Gasteiger partial charge in [0, 0.05) is 22.1 Å². The van der Waals surface area contributed by atoms with Crippen LogP contribution in [-0.4, -0.2) is 15.0 Å². The number of nitrogens with zero attached hydrogens (tertiary/aromatic N) is 3. The van der Waals surface area contributed by atoms with Crippen molar-refractivity contribution >= 4 is 43.1 Å². The summed E-state index contributed by atoms with van der Waals surface area (Å²) < 4.78 is 0. The molecule has 0 saturated heterocycles. The number of hydrogen-bond acceptors (Lipinski definition) is 3. The van der Waals surface area contributed by atoms with Crippen LogP contribution >= 0.6 is 0 Å². The number of fused-ring (bicyclic) bond motifs is 5. The van der Waals surface area contributed by atoms with E-state index in [1.165, 1.54) is 21.5 Å². The highest BCUT2D eigenvalue weighted by Crippen LogP contribution is 2.40. The first-order valence-corrected chi connectivity index (χ1v) is 13.5. The van der Waals surface area contributed by atoms with Gasteiger partial charge in [-0.05, 0) is 49.8 Å². The SMILES string of the molecule is c1ccc(-c2nc(-c3ccc4ccccc4c3)nc(-c3c4ccccc4cc4ccc5ccccc5c34)n2)cc1. The first-order valence-electron chi connectivity index (χ1n) is 13.5. The highest BCUT2D eigenvalue weighted by Gasteiger charge is 2.18. The van der Waals surface area contributed by atoms with Gasteiger partial charge in [-0.1, -0.05) is 127 Å². The Kier molecular flexibility index (Phi) is 5.14. The van der Waals surface area contributed by atoms with E-state index in [0.29, 0.717) is 17.5 Å². The molecule has 0 bridgehead atoms. The van der Waals surface area contributed by atoms with Crippen molar-refractivity contribution in [2.24, 2.45) is 0 Å². The Hall–Kier alpha value is -5.41. The Labute approximate surface area is 231 Å². The van der Waals surface area contributed by atoms with Gasteiger partial charge in [0.05, 0.1) is 0 Å². The van der Waals surface area contributed by atoms with Crippen molar-refractivity contribution in [2.75, 3.05) is 0 Å². The van der Waals surface area contributed by atoms with Crippen molar-refractivity contribution in [1.29, 1.82) is 0 Å². The second-order valence-electron chi connectivity index (χ2n) is 10.1. The van der Waals surface area contributed by atoms with Crippen LogP contribution in [0.1, 0.15) is 0 Å². The third kappa shape index (κ3) is 3.71. The van der Waals surface area contributed by atoms with E-state index in [0.717, 1.165) is 38.2 Å². The second kappa shape index (κ2) is 9.11. The van der Waals surface area contributed by atoms with Crippen molar-refractivity contribution in [3.05, 3.63) is 140 Å². The van der Waals surface area contributed by atoms with Crippen LogP contribution in [0.4, 0.5) is 0 Å². The zero-order chi connectivity index (χ0) is 26.5. The van der Waals surface area contributed by atoms with Gasteiger partial charge >= 0.3 is 0 Å². The van der Waals surface area contributed by atoms with Gasteiger partial charge in [-0.15, -0.1) is 0 Å². The first kappa shape index (κ1) is 22.6. The fourth-order valence-electron chi connectivity index (χ4n) is 5.73. The molecule has 0 atom stereocenters. The largest absolute Gasteiger partial charge is 0.208 e. The van der Waals surface area contributed by atoms with Crippen LogP contribution in [0.3, 0.4) is 0 Å². The summed E-state index contributed by atoms with van der Waals surface area (Å²) in [4.78, 5) is 15.3. The average molecular weight is 510 g/mol. The van der Waals surface area contributed by atoms with Crippen molar-refractivity contribution in [2.45, 2.75) is 0 Å². The molecular formula is C37H23N3. The quantitative estimate of drug-likeness (QED) is 0.176. The number of hydrogen-bond donors (Lipinski definition) is 0. The molecule has 40 heavy (non-hydrogen) atoms. The highest BCUT2D eigenvalue weighted by atomic mass is 15.0. The summed E-state index contributed by atoms with van der Waals surface area (Å²) in [6, 6.07) is 48.7.